The molecular weight excluding hydrogens is 292 g/mol. The smallest absolute Gasteiger partial charge is 0.238 e. The molecule has 1 aromatic carbocycles. The van der Waals surface area contributed by atoms with E-state index in [1.807, 2.05) is 0 Å². The normalized spacial score (nSPS) is 41.8. The third kappa shape index (κ3) is 1.26. The van der Waals surface area contributed by atoms with Gasteiger partial charge in [-0.3, -0.25) is 14.5 Å². The van der Waals surface area contributed by atoms with Gasteiger partial charge >= 0.3 is 0 Å². The number of ether oxygens (including phenoxy) is 1. The van der Waals surface area contributed by atoms with Crippen LogP contribution in [-0.2, 0) is 14.3 Å². The summed E-state index contributed by atoms with van der Waals surface area (Å²) in [7, 11) is 0. The molecule has 1 aromatic rings. The summed E-state index contributed by atoms with van der Waals surface area (Å²) in [5.41, 5.74) is 0.446. The van der Waals surface area contributed by atoms with Crippen molar-refractivity contribution < 1.29 is 23.1 Å². The fourth-order valence-corrected chi connectivity index (χ4v) is 4.34. The van der Waals surface area contributed by atoms with Gasteiger partial charge in [-0.25, -0.2) is 8.78 Å². The van der Waals surface area contributed by atoms with E-state index in [1.54, 1.807) is 30.3 Å². The number of carbonyl (C=O) groups excluding carboxylic acids is 2. The maximum atomic E-state index is 14.2. The molecule has 1 saturated carbocycles. The first-order valence-electron chi connectivity index (χ1n) is 7.24. The Balaban J connectivity index is 1.63. The molecule has 3 fully saturated rings. The molecule has 6 unspecified atom stereocenters. The van der Waals surface area contributed by atoms with Crippen LogP contribution in [0.1, 0.15) is 0 Å². The SMILES string of the molecule is O=C1C2C3C(F)=C(F)C(C4OC43)C2C(=O)N1c1ccccc1. The van der Waals surface area contributed by atoms with Crippen LogP contribution in [0, 0.1) is 23.7 Å². The molecule has 0 spiro atoms. The third-order valence-electron chi connectivity index (χ3n) is 5.27. The topological polar surface area (TPSA) is 49.9 Å². The van der Waals surface area contributed by atoms with Gasteiger partial charge < -0.3 is 4.74 Å². The summed E-state index contributed by atoms with van der Waals surface area (Å²) in [6.45, 7) is 0. The molecule has 0 aromatic heterocycles. The van der Waals surface area contributed by atoms with Crippen molar-refractivity contribution in [3.8, 4) is 0 Å². The molecule has 2 aliphatic heterocycles. The van der Waals surface area contributed by atoms with E-state index in [2.05, 4.69) is 0 Å². The zero-order valence-electron chi connectivity index (χ0n) is 11.3. The summed E-state index contributed by atoms with van der Waals surface area (Å²) in [6, 6.07) is 8.49. The Labute approximate surface area is 124 Å². The van der Waals surface area contributed by atoms with Crippen molar-refractivity contribution in [3.05, 3.63) is 42.0 Å². The van der Waals surface area contributed by atoms with Crippen molar-refractivity contribution in [1.82, 2.24) is 0 Å². The van der Waals surface area contributed by atoms with Gasteiger partial charge in [0.2, 0.25) is 11.8 Å². The van der Waals surface area contributed by atoms with Crippen LogP contribution in [0.3, 0.4) is 0 Å². The molecule has 6 heteroatoms. The second kappa shape index (κ2) is 3.81. The van der Waals surface area contributed by atoms with Crippen LogP contribution in [0.25, 0.3) is 0 Å². The van der Waals surface area contributed by atoms with Gasteiger partial charge in [0.25, 0.3) is 0 Å². The lowest BCUT2D eigenvalue weighted by atomic mass is 9.62. The quantitative estimate of drug-likeness (QED) is 0.589. The Morgan fingerprint density at radius 2 is 1.32 bits per heavy atom. The predicted molar refractivity (Wildman–Crippen MR) is 70.8 cm³/mol. The van der Waals surface area contributed by atoms with Crippen LogP contribution in [0.15, 0.2) is 42.0 Å². The van der Waals surface area contributed by atoms with E-state index in [1.165, 1.54) is 0 Å². The van der Waals surface area contributed by atoms with Crippen LogP contribution >= 0.6 is 0 Å². The number of epoxide rings is 1. The Bertz CT molecular complexity index is 705. The number of rotatable bonds is 1. The minimum atomic E-state index is -0.954. The van der Waals surface area contributed by atoms with Crippen molar-refractivity contribution in [2.24, 2.45) is 23.7 Å². The summed E-state index contributed by atoms with van der Waals surface area (Å²) in [5, 5.41) is 0. The summed E-state index contributed by atoms with van der Waals surface area (Å²) in [4.78, 5) is 26.5. The Hall–Kier alpha value is -2.08. The molecule has 4 nitrogen and oxygen atoms in total. The number of hydrogen-bond acceptors (Lipinski definition) is 3. The largest absolute Gasteiger partial charge is 0.368 e. The molecule has 6 atom stereocenters. The van der Waals surface area contributed by atoms with Gasteiger partial charge in [0.05, 0.1) is 41.6 Å². The number of amides is 2. The Kier molecular flexibility index (Phi) is 2.16. The molecule has 0 radical (unpaired) electrons. The first-order chi connectivity index (χ1) is 10.6. The fourth-order valence-electron chi connectivity index (χ4n) is 4.34. The highest BCUT2D eigenvalue weighted by atomic mass is 19.2. The minimum Gasteiger partial charge on any atom is -0.368 e. The highest BCUT2D eigenvalue weighted by molar-refractivity contribution is 6.22. The number of imide groups is 1. The van der Waals surface area contributed by atoms with Crippen molar-refractivity contribution in [3.63, 3.8) is 0 Å². The van der Waals surface area contributed by atoms with E-state index >= 15 is 0 Å². The molecule has 2 saturated heterocycles. The van der Waals surface area contributed by atoms with Gasteiger partial charge in [-0.1, -0.05) is 18.2 Å². The number of carbonyl (C=O) groups is 2. The van der Waals surface area contributed by atoms with Crippen LogP contribution in [0.2, 0.25) is 0 Å². The van der Waals surface area contributed by atoms with Crippen LogP contribution in [0.5, 0.6) is 0 Å². The van der Waals surface area contributed by atoms with E-state index < -0.39 is 59.3 Å². The molecule has 112 valence electrons. The number of halogens is 2. The number of nitrogens with zero attached hydrogens (tertiary/aromatic N) is 1. The van der Waals surface area contributed by atoms with Crippen LogP contribution in [0.4, 0.5) is 14.5 Å². The molecule has 3 aliphatic carbocycles. The number of anilines is 1. The summed E-state index contributed by atoms with van der Waals surface area (Å²) >= 11 is 0. The fraction of sp³-hybridized carbons (Fsp3) is 0.375. The molecule has 0 N–H and O–H groups in total. The van der Waals surface area contributed by atoms with Gasteiger partial charge in [0, 0.05) is 0 Å². The van der Waals surface area contributed by atoms with E-state index in [0.717, 1.165) is 4.90 Å². The molecule has 2 amide bonds. The maximum Gasteiger partial charge on any atom is 0.238 e. The Morgan fingerprint density at radius 1 is 0.818 bits per heavy atom. The number of benzene rings is 1. The molecule has 2 heterocycles. The molecule has 6 rings (SSSR count). The second-order valence-electron chi connectivity index (χ2n) is 6.21. The van der Waals surface area contributed by atoms with Gasteiger partial charge in [-0.15, -0.1) is 0 Å². The van der Waals surface area contributed by atoms with Gasteiger partial charge in [-0.05, 0) is 12.1 Å². The lowest BCUT2D eigenvalue weighted by Crippen LogP contribution is -2.47. The molecule has 2 bridgehead atoms. The average molecular weight is 303 g/mol. The van der Waals surface area contributed by atoms with Crippen molar-refractivity contribution in [2.75, 3.05) is 4.90 Å². The van der Waals surface area contributed by atoms with Crippen LogP contribution < -0.4 is 4.90 Å². The molecule has 22 heavy (non-hydrogen) atoms. The summed E-state index contributed by atoms with van der Waals surface area (Å²) in [5.74, 6) is -6.31. The van der Waals surface area contributed by atoms with E-state index in [4.69, 9.17) is 4.74 Å². The van der Waals surface area contributed by atoms with Crippen molar-refractivity contribution in [2.45, 2.75) is 12.2 Å². The van der Waals surface area contributed by atoms with Gasteiger partial charge in [-0.2, -0.15) is 0 Å². The van der Waals surface area contributed by atoms with Crippen molar-refractivity contribution >= 4 is 17.5 Å². The third-order valence-corrected chi connectivity index (χ3v) is 5.27. The predicted octanol–water partition coefficient (Wildman–Crippen LogP) is 1.97. The number of hydrogen-bond donors (Lipinski definition) is 0. The lowest BCUT2D eigenvalue weighted by molar-refractivity contribution is -0.125. The average Bonchev–Trinajstić information content (AvgIpc) is 3.27. The zero-order chi connectivity index (χ0) is 15.2. The number of para-hydroxylation sites is 1. The zero-order valence-corrected chi connectivity index (χ0v) is 11.3. The maximum absolute atomic E-state index is 14.2. The van der Waals surface area contributed by atoms with Crippen molar-refractivity contribution in [1.29, 1.82) is 0 Å². The summed E-state index contributed by atoms with van der Waals surface area (Å²) in [6.07, 6.45) is -0.920. The summed E-state index contributed by atoms with van der Waals surface area (Å²) < 4.78 is 33.7. The second-order valence-corrected chi connectivity index (χ2v) is 6.21. The van der Waals surface area contributed by atoms with Crippen LogP contribution in [-0.4, -0.2) is 24.0 Å². The monoisotopic (exact) mass is 303 g/mol. The Morgan fingerprint density at radius 3 is 1.82 bits per heavy atom. The molecular formula is C16H11F2NO3. The highest BCUT2D eigenvalue weighted by Crippen LogP contribution is 2.63. The van der Waals surface area contributed by atoms with E-state index in [-0.39, 0.29) is 0 Å². The first kappa shape index (κ1) is 12.5. The first-order valence-corrected chi connectivity index (χ1v) is 7.24. The van der Waals surface area contributed by atoms with E-state index in [9.17, 15) is 18.4 Å². The standard InChI is InChI=1S/C16H11F2NO3/c17-11-9-7-8(10(12(11)18)14-13(9)22-14)16(21)19(15(7)20)6-4-2-1-3-5-6/h1-5,7-10,13-14H. The minimum absolute atomic E-state index is 0.446. The van der Waals surface area contributed by atoms with Gasteiger partial charge in [0.1, 0.15) is 11.7 Å². The van der Waals surface area contributed by atoms with E-state index in [0.29, 0.717) is 5.69 Å². The van der Waals surface area contributed by atoms with Gasteiger partial charge in [0.15, 0.2) is 0 Å². The lowest BCUT2D eigenvalue weighted by Gasteiger charge is -2.37. The molecule has 5 aliphatic rings. The highest BCUT2D eigenvalue weighted by Gasteiger charge is 2.73.